The van der Waals surface area contributed by atoms with Gasteiger partial charge < -0.3 is 19.9 Å². The Bertz CT molecular complexity index is 890. The molecule has 0 saturated carbocycles. The third-order valence-electron chi connectivity index (χ3n) is 5.15. The Morgan fingerprint density at radius 3 is 2.34 bits per heavy atom. The summed E-state index contributed by atoms with van der Waals surface area (Å²) >= 11 is 0. The van der Waals surface area contributed by atoms with Crippen molar-refractivity contribution in [3.8, 4) is 0 Å². The van der Waals surface area contributed by atoms with E-state index in [1.807, 2.05) is 0 Å². The topological polar surface area (TPSA) is 91.0 Å². The molecule has 1 aromatic carbocycles. The highest BCUT2D eigenvalue weighted by atomic mass is 19.4. The van der Waals surface area contributed by atoms with Crippen LogP contribution in [-0.4, -0.2) is 60.6 Å². The number of hydrogen-bond donors (Lipinski definition) is 2. The number of piperazine rings is 1. The van der Waals surface area contributed by atoms with Gasteiger partial charge >= 0.3 is 12.3 Å². The number of rotatable bonds is 3. The van der Waals surface area contributed by atoms with Gasteiger partial charge in [-0.2, -0.15) is 13.2 Å². The molecular formula is C21H27F3N4O4. The highest BCUT2D eigenvalue weighted by molar-refractivity contribution is 6.01. The van der Waals surface area contributed by atoms with Crippen molar-refractivity contribution in [2.24, 2.45) is 0 Å². The molecule has 2 fully saturated rings. The van der Waals surface area contributed by atoms with Crippen molar-refractivity contribution in [2.45, 2.75) is 51.4 Å². The summed E-state index contributed by atoms with van der Waals surface area (Å²) in [5.74, 6) is -0.956. The first-order chi connectivity index (χ1) is 14.8. The van der Waals surface area contributed by atoms with E-state index in [9.17, 15) is 27.6 Å². The molecule has 2 aliphatic rings. The van der Waals surface area contributed by atoms with Crippen LogP contribution in [0.5, 0.6) is 0 Å². The van der Waals surface area contributed by atoms with Gasteiger partial charge in [0.2, 0.25) is 11.8 Å². The van der Waals surface area contributed by atoms with Crippen LogP contribution in [0.1, 0.15) is 39.2 Å². The van der Waals surface area contributed by atoms with Gasteiger partial charge in [-0.3, -0.25) is 14.9 Å². The Hall–Kier alpha value is -2.98. The first kappa shape index (κ1) is 23.7. The third kappa shape index (κ3) is 5.83. The van der Waals surface area contributed by atoms with Crippen LogP contribution in [0.3, 0.4) is 0 Å². The molecule has 1 unspecified atom stereocenters. The zero-order valence-corrected chi connectivity index (χ0v) is 18.2. The van der Waals surface area contributed by atoms with Crippen molar-refractivity contribution in [3.63, 3.8) is 0 Å². The quantitative estimate of drug-likeness (QED) is 0.680. The molecule has 0 radical (unpaired) electrons. The van der Waals surface area contributed by atoms with Crippen LogP contribution in [0.25, 0.3) is 0 Å². The molecule has 0 aliphatic carbocycles. The van der Waals surface area contributed by atoms with Crippen LogP contribution in [0.4, 0.5) is 29.3 Å². The largest absolute Gasteiger partial charge is 0.444 e. The minimum atomic E-state index is -4.61. The Labute approximate surface area is 184 Å². The average molecular weight is 456 g/mol. The molecule has 11 heteroatoms. The minimum Gasteiger partial charge on any atom is -0.444 e. The second-order valence-corrected chi connectivity index (χ2v) is 8.83. The van der Waals surface area contributed by atoms with E-state index in [1.54, 1.807) is 25.7 Å². The Kier molecular flexibility index (Phi) is 6.56. The number of piperidine rings is 1. The van der Waals surface area contributed by atoms with Gasteiger partial charge in [0.15, 0.2) is 0 Å². The average Bonchev–Trinajstić information content (AvgIpc) is 2.68. The van der Waals surface area contributed by atoms with Crippen molar-refractivity contribution in [1.82, 2.24) is 10.2 Å². The summed E-state index contributed by atoms with van der Waals surface area (Å²) in [5.41, 5.74) is -1.33. The van der Waals surface area contributed by atoms with E-state index in [2.05, 4.69) is 10.6 Å². The second-order valence-electron chi connectivity index (χ2n) is 8.83. The fourth-order valence-electron chi connectivity index (χ4n) is 3.62. The van der Waals surface area contributed by atoms with E-state index >= 15 is 0 Å². The van der Waals surface area contributed by atoms with Gasteiger partial charge in [0.05, 0.1) is 5.56 Å². The standard InChI is InChI=1S/C21H27F3N4O4/c1-20(2,3)32-19(31)28-10-8-27(9-11-28)16-6-4-13(12-14(16)21(22,23)24)25-15-5-7-17(29)26-18(15)30/h4,6,12,15,25H,5,7-11H2,1-3H3,(H,26,29,30). The monoisotopic (exact) mass is 456 g/mol. The molecule has 0 bridgehead atoms. The molecule has 1 atom stereocenters. The first-order valence-electron chi connectivity index (χ1n) is 10.4. The van der Waals surface area contributed by atoms with E-state index < -0.39 is 41.3 Å². The first-order valence-corrected chi connectivity index (χ1v) is 10.4. The SMILES string of the molecule is CC(C)(C)OC(=O)N1CCN(c2ccc(NC3CCC(=O)NC3=O)cc2C(F)(F)F)CC1. The molecule has 2 saturated heterocycles. The number of nitrogens with zero attached hydrogens (tertiary/aromatic N) is 2. The summed E-state index contributed by atoms with van der Waals surface area (Å²) in [6.45, 7) is 6.18. The number of hydrogen-bond acceptors (Lipinski definition) is 6. The van der Waals surface area contributed by atoms with Crippen molar-refractivity contribution >= 4 is 29.3 Å². The van der Waals surface area contributed by atoms with Crippen LogP contribution < -0.4 is 15.5 Å². The lowest BCUT2D eigenvalue weighted by Crippen LogP contribution is -2.50. The van der Waals surface area contributed by atoms with Crippen LogP contribution >= 0.6 is 0 Å². The Morgan fingerprint density at radius 2 is 1.78 bits per heavy atom. The second kappa shape index (κ2) is 8.87. The molecule has 0 aromatic heterocycles. The molecule has 32 heavy (non-hydrogen) atoms. The summed E-state index contributed by atoms with van der Waals surface area (Å²) < 4.78 is 46.8. The number of halogens is 3. The van der Waals surface area contributed by atoms with Crippen molar-refractivity contribution in [1.29, 1.82) is 0 Å². The molecule has 3 amide bonds. The summed E-state index contributed by atoms with van der Waals surface area (Å²) in [6, 6.07) is 3.03. The maximum atomic E-state index is 13.8. The number of carbonyl (C=O) groups is 3. The van der Waals surface area contributed by atoms with Crippen LogP contribution in [0.15, 0.2) is 18.2 Å². The number of alkyl halides is 3. The number of anilines is 2. The third-order valence-corrected chi connectivity index (χ3v) is 5.15. The predicted octanol–water partition coefficient (Wildman–Crippen LogP) is 2.98. The molecule has 1 aromatic rings. The van der Waals surface area contributed by atoms with Crippen molar-refractivity contribution in [3.05, 3.63) is 23.8 Å². The van der Waals surface area contributed by atoms with Gasteiger partial charge in [-0.1, -0.05) is 0 Å². The zero-order valence-electron chi connectivity index (χ0n) is 18.2. The molecule has 8 nitrogen and oxygen atoms in total. The molecule has 2 N–H and O–H groups in total. The van der Waals surface area contributed by atoms with Gasteiger partial charge in [-0.25, -0.2) is 4.79 Å². The fraction of sp³-hybridized carbons (Fsp3) is 0.571. The highest BCUT2D eigenvalue weighted by Crippen LogP contribution is 2.39. The van der Waals surface area contributed by atoms with Gasteiger partial charge in [-0.15, -0.1) is 0 Å². The number of nitrogens with one attached hydrogen (secondary N) is 2. The number of imide groups is 1. The van der Waals surface area contributed by atoms with Gasteiger partial charge in [0.1, 0.15) is 11.6 Å². The normalized spacial score (nSPS) is 20.1. The van der Waals surface area contributed by atoms with E-state index in [4.69, 9.17) is 4.74 Å². The summed E-state index contributed by atoms with van der Waals surface area (Å²) in [5, 5.41) is 4.96. The summed E-state index contributed by atoms with van der Waals surface area (Å²) in [6.07, 6.45) is -4.77. The van der Waals surface area contributed by atoms with E-state index in [0.29, 0.717) is 0 Å². The lowest BCUT2D eigenvalue weighted by atomic mass is 10.0. The van der Waals surface area contributed by atoms with Crippen molar-refractivity contribution in [2.75, 3.05) is 36.4 Å². The molecular weight excluding hydrogens is 429 g/mol. The van der Waals surface area contributed by atoms with Gasteiger partial charge in [-0.05, 0) is 45.4 Å². The number of carbonyl (C=O) groups excluding carboxylic acids is 3. The number of benzene rings is 1. The molecule has 3 rings (SSSR count). The maximum Gasteiger partial charge on any atom is 0.418 e. The van der Waals surface area contributed by atoms with E-state index in [1.165, 1.54) is 17.0 Å². The lowest BCUT2D eigenvalue weighted by molar-refractivity contribution is -0.137. The molecule has 176 valence electrons. The zero-order chi connectivity index (χ0) is 23.7. The minimum absolute atomic E-state index is 0.00941. The van der Waals surface area contributed by atoms with Gasteiger partial charge in [0, 0.05) is 44.0 Å². The fourth-order valence-corrected chi connectivity index (χ4v) is 3.62. The highest BCUT2D eigenvalue weighted by Gasteiger charge is 2.37. The maximum absolute atomic E-state index is 13.8. The lowest BCUT2D eigenvalue weighted by Gasteiger charge is -2.37. The van der Waals surface area contributed by atoms with Crippen molar-refractivity contribution < 1.29 is 32.3 Å². The van der Waals surface area contributed by atoms with E-state index in [-0.39, 0.29) is 50.4 Å². The van der Waals surface area contributed by atoms with Gasteiger partial charge in [0.25, 0.3) is 0 Å². The molecule has 2 heterocycles. The molecule has 0 spiro atoms. The number of ether oxygens (including phenoxy) is 1. The van der Waals surface area contributed by atoms with Crippen LogP contribution in [0, 0.1) is 0 Å². The predicted molar refractivity (Wildman–Crippen MR) is 111 cm³/mol. The Balaban J connectivity index is 1.72. The van der Waals surface area contributed by atoms with Crippen LogP contribution in [-0.2, 0) is 20.5 Å². The van der Waals surface area contributed by atoms with E-state index in [0.717, 1.165) is 6.07 Å². The number of amides is 3. The summed E-state index contributed by atoms with van der Waals surface area (Å²) in [4.78, 5) is 38.4. The molecule has 2 aliphatic heterocycles. The van der Waals surface area contributed by atoms with Crippen LogP contribution in [0.2, 0.25) is 0 Å². The Morgan fingerprint density at radius 1 is 1.12 bits per heavy atom. The summed E-state index contributed by atoms with van der Waals surface area (Å²) in [7, 11) is 0. The smallest absolute Gasteiger partial charge is 0.418 e.